The van der Waals surface area contributed by atoms with Crippen molar-refractivity contribution < 1.29 is 9.59 Å². The van der Waals surface area contributed by atoms with Crippen LogP contribution < -0.4 is 16.0 Å². The molecule has 1 heterocycles. The fraction of sp³-hybridized carbons (Fsp3) is 0.833. The van der Waals surface area contributed by atoms with Crippen molar-refractivity contribution in [3.05, 3.63) is 0 Å². The van der Waals surface area contributed by atoms with E-state index in [1.54, 1.807) is 7.05 Å². The molecular formula is C12H23N3O2. The van der Waals surface area contributed by atoms with E-state index in [1.165, 1.54) is 0 Å². The molecule has 0 radical (unpaired) electrons. The van der Waals surface area contributed by atoms with Gasteiger partial charge in [0.15, 0.2) is 0 Å². The van der Waals surface area contributed by atoms with Gasteiger partial charge in [-0.1, -0.05) is 13.8 Å². The maximum Gasteiger partial charge on any atom is 0.237 e. The summed E-state index contributed by atoms with van der Waals surface area (Å²) in [6.45, 7) is 5.48. The largest absolute Gasteiger partial charge is 0.359 e. The van der Waals surface area contributed by atoms with Crippen molar-refractivity contribution in [3.63, 3.8) is 0 Å². The summed E-state index contributed by atoms with van der Waals surface area (Å²) in [7, 11) is 1.59. The number of nitrogens with one attached hydrogen (secondary N) is 3. The van der Waals surface area contributed by atoms with Crippen molar-refractivity contribution in [3.8, 4) is 0 Å². The molecule has 3 N–H and O–H groups in total. The molecule has 1 fully saturated rings. The lowest BCUT2D eigenvalue weighted by atomic mass is 9.77. The zero-order chi connectivity index (χ0) is 12.9. The van der Waals surface area contributed by atoms with Crippen LogP contribution in [0.25, 0.3) is 0 Å². The predicted molar refractivity (Wildman–Crippen MR) is 66.5 cm³/mol. The van der Waals surface area contributed by atoms with Crippen molar-refractivity contribution >= 4 is 11.8 Å². The van der Waals surface area contributed by atoms with E-state index in [1.807, 2.05) is 0 Å². The first kappa shape index (κ1) is 14.0. The average molecular weight is 241 g/mol. The van der Waals surface area contributed by atoms with Gasteiger partial charge < -0.3 is 16.0 Å². The minimum absolute atomic E-state index is 0.00129. The Kier molecular flexibility index (Phi) is 4.93. The molecule has 0 saturated carbocycles. The lowest BCUT2D eigenvalue weighted by Gasteiger charge is -2.38. The predicted octanol–water partition coefficient (Wildman–Crippen LogP) is 0.0169. The van der Waals surface area contributed by atoms with Crippen LogP contribution in [0.1, 0.15) is 33.1 Å². The molecular weight excluding hydrogens is 218 g/mol. The molecule has 98 valence electrons. The summed E-state index contributed by atoms with van der Waals surface area (Å²) < 4.78 is 0. The molecule has 1 aliphatic heterocycles. The number of carbonyl (C=O) groups excluding carboxylic acids is 2. The molecule has 0 aliphatic carbocycles. The summed E-state index contributed by atoms with van der Waals surface area (Å²) in [5.74, 6) is -0.0558. The van der Waals surface area contributed by atoms with E-state index in [0.29, 0.717) is 13.0 Å². The number of amides is 2. The number of hydrogen-bond acceptors (Lipinski definition) is 3. The summed E-state index contributed by atoms with van der Waals surface area (Å²) in [4.78, 5) is 23.0. The van der Waals surface area contributed by atoms with Gasteiger partial charge in [-0.15, -0.1) is 0 Å². The quantitative estimate of drug-likeness (QED) is 0.650. The fourth-order valence-corrected chi connectivity index (χ4v) is 2.18. The normalized spacial score (nSPS) is 22.9. The van der Waals surface area contributed by atoms with E-state index in [-0.39, 0.29) is 23.3 Å². The van der Waals surface area contributed by atoms with Crippen molar-refractivity contribution in [2.75, 3.05) is 20.1 Å². The van der Waals surface area contributed by atoms with Gasteiger partial charge in [-0.2, -0.15) is 0 Å². The third kappa shape index (κ3) is 4.00. The van der Waals surface area contributed by atoms with Gasteiger partial charge in [0.25, 0.3) is 0 Å². The average Bonchev–Trinajstić information content (AvgIpc) is 2.27. The highest BCUT2D eigenvalue weighted by atomic mass is 16.2. The molecule has 0 aromatic heterocycles. The van der Waals surface area contributed by atoms with Crippen molar-refractivity contribution in [2.45, 2.75) is 39.2 Å². The SMILES string of the molecule is CNC(=O)CCNC(=O)C1NCCCC1(C)C. The highest BCUT2D eigenvalue weighted by molar-refractivity contribution is 5.83. The van der Waals surface area contributed by atoms with Crippen LogP contribution in [-0.4, -0.2) is 38.0 Å². The summed E-state index contributed by atoms with van der Waals surface area (Å²) in [5, 5.41) is 8.59. The summed E-state index contributed by atoms with van der Waals surface area (Å²) in [5.41, 5.74) is -0.0185. The zero-order valence-electron chi connectivity index (χ0n) is 10.9. The number of carbonyl (C=O) groups is 2. The second-order valence-corrected chi connectivity index (χ2v) is 5.19. The van der Waals surface area contributed by atoms with Gasteiger partial charge >= 0.3 is 0 Å². The minimum atomic E-state index is -0.152. The van der Waals surface area contributed by atoms with Gasteiger partial charge in [0.05, 0.1) is 6.04 Å². The van der Waals surface area contributed by atoms with Crippen LogP contribution in [0.3, 0.4) is 0 Å². The van der Waals surface area contributed by atoms with Gasteiger partial charge in [0, 0.05) is 20.0 Å². The second-order valence-electron chi connectivity index (χ2n) is 5.19. The molecule has 5 heteroatoms. The van der Waals surface area contributed by atoms with E-state index in [2.05, 4.69) is 29.8 Å². The topological polar surface area (TPSA) is 70.2 Å². The van der Waals surface area contributed by atoms with E-state index < -0.39 is 0 Å². The molecule has 0 aromatic rings. The van der Waals surface area contributed by atoms with Crippen molar-refractivity contribution in [1.29, 1.82) is 0 Å². The summed E-state index contributed by atoms with van der Waals surface area (Å²) in [6, 6.07) is -0.152. The third-order valence-electron chi connectivity index (χ3n) is 3.32. The van der Waals surface area contributed by atoms with E-state index in [9.17, 15) is 9.59 Å². The van der Waals surface area contributed by atoms with Crippen LogP contribution in [0.4, 0.5) is 0 Å². The maximum absolute atomic E-state index is 12.0. The molecule has 1 aliphatic rings. The van der Waals surface area contributed by atoms with Gasteiger partial charge in [-0.05, 0) is 24.8 Å². The second kappa shape index (κ2) is 6.00. The lowest BCUT2D eigenvalue weighted by Crippen LogP contribution is -2.55. The van der Waals surface area contributed by atoms with Gasteiger partial charge in [-0.25, -0.2) is 0 Å². The Bertz CT molecular complexity index is 289. The minimum Gasteiger partial charge on any atom is -0.359 e. The van der Waals surface area contributed by atoms with Crippen LogP contribution in [0.5, 0.6) is 0 Å². The molecule has 0 bridgehead atoms. The van der Waals surface area contributed by atoms with Crippen LogP contribution in [0, 0.1) is 5.41 Å². The monoisotopic (exact) mass is 241 g/mol. The van der Waals surface area contributed by atoms with Gasteiger partial charge in [0.1, 0.15) is 0 Å². The van der Waals surface area contributed by atoms with E-state index in [0.717, 1.165) is 19.4 Å². The molecule has 1 atom stereocenters. The van der Waals surface area contributed by atoms with Crippen LogP contribution >= 0.6 is 0 Å². The number of rotatable bonds is 4. The first-order chi connectivity index (χ1) is 7.97. The Morgan fingerprint density at radius 1 is 1.41 bits per heavy atom. The molecule has 0 aromatic carbocycles. The molecule has 2 amide bonds. The van der Waals surface area contributed by atoms with Gasteiger partial charge in [-0.3, -0.25) is 9.59 Å². The molecule has 1 unspecified atom stereocenters. The standard InChI is InChI=1S/C12H23N3O2/c1-12(2)6-4-7-14-10(12)11(17)15-8-5-9(16)13-3/h10,14H,4-8H2,1-3H3,(H,13,16)(H,15,17). The first-order valence-corrected chi connectivity index (χ1v) is 6.19. The fourth-order valence-electron chi connectivity index (χ4n) is 2.18. The Hall–Kier alpha value is -1.10. The zero-order valence-corrected chi connectivity index (χ0v) is 10.9. The Morgan fingerprint density at radius 2 is 2.12 bits per heavy atom. The van der Waals surface area contributed by atoms with Crippen LogP contribution in [0.2, 0.25) is 0 Å². The number of hydrogen-bond donors (Lipinski definition) is 3. The Morgan fingerprint density at radius 3 is 2.71 bits per heavy atom. The lowest BCUT2D eigenvalue weighted by molar-refractivity contribution is -0.127. The third-order valence-corrected chi connectivity index (χ3v) is 3.32. The Balaban J connectivity index is 2.38. The highest BCUT2D eigenvalue weighted by Crippen LogP contribution is 2.29. The first-order valence-electron chi connectivity index (χ1n) is 6.19. The van der Waals surface area contributed by atoms with Crippen molar-refractivity contribution in [1.82, 2.24) is 16.0 Å². The van der Waals surface area contributed by atoms with E-state index in [4.69, 9.17) is 0 Å². The van der Waals surface area contributed by atoms with Crippen LogP contribution in [-0.2, 0) is 9.59 Å². The van der Waals surface area contributed by atoms with Crippen molar-refractivity contribution in [2.24, 2.45) is 5.41 Å². The van der Waals surface area contributed by atoms with Gasteiger partial charge in [0.2, 0.25) is 11.8 Å². The smallest absolute Gasteiger partial charge is 0.237 e. The summed E-state index contributed by atoms with van der Waals surface area (Å²) >= 11 is 0. The molecule has 17 heavy (non-hydrogen) atoms. The molecule has 0 spiro atoms. The molecule has 1 saturated heterocycles. The molecule has 1 rings (SSSR count). The highest BCUT2D eigenvalue weighted by Gasteiger charge is 2.36. The summed E-state index contributed by atoms with van der Waals surface area (Å²) in [6.07, 6.45) is 2.48. The van der Waals surface area contributed by atoms with E-state index >= 15 is 0 Å². The maximum atomic E-state index is 12.0. The molecule has 5 nitrogen and oxygen atoms in total. The Labute approximate surface area is 103 Å². The number of piperidine rings is 1. The van der Waals surface area contributed by atoms with Crippen LogP contribution in [0.15, 0.2) is 0 Å².